The summed E-state index contributed by atoms with van der Waals surface area (Å²) in [6, 6.07) is 3.95. The lowest BCUT2D eigenvalue weighted by Gasteiger charge is -2.21. The Morgan fingerprint density at radius 2 is 1.88 bits per heavy atom. The molecule has 1 aliphatic rings. The summed E-state index contributed by atoms with van der Waals surface area (Å²) in [7, 11) is 1.66. The van der Waals surface area contributed by atoms with Gasteiger partial charge in [-0.3, -0.25) is 4.90 Å². The lowest BCUT2D eigenvalue weighted by Crippen LogP contribution is -2.35. The number of benzene rings is 1. The Hall–Kier alpha value is 0.350. The quantitative estimate of drug-likeness (QED) is 0.386. The van der Waals surface area contributed by atoms with Crippen LogP contribution in [-0.2, 0) is 4.74 Å². The van der Waals surface area contributed by atoms with Gasteiger partial charge >= 0.3 is 6.09 Å². The second-order valence-corrected chi connectivity index (χ2v) is 6.83. The molecule has 1 aromatic rings. The van der Waals surface area contributed by atoms with E-state index in [1.54, 1.807) is 7.05 Å². The summed E-state index contributed by atoms with van der Waals surface area (Å²) in [6.45, 7) is 0.341. The lowest BCUT2D eigenvalue weighted by atomic mass is 10.2. The molecular weight excluding hydrogens is 561 g/mol. The number of carbonyl (C=O) groups is 1. The maximum absolute atomic E-state index is 11.4. The monoisotopic (exact) mass is 568 g/mol. The number of hydrogen-bond acceptors (Lipinski definition) is 3. The maximum Gasteiger partial charge on any atom is 0.417 e. The fraction of sp³-hybridized carbons (Fsp3) is 0.200. The average molecular weight is 568 g/mol. The zero-order chi connectivity index (χ0) is 12.6. The van der Waals surface area contributed by atoms with Crippen molar-refractivity contribution in [2.45, 2.75) is 0 Å². The fourth-order valence-electron chi connectivity index (χ4n) is 1.25. The van der Waals surface area contributed by atoms with Crippen LogP contribution in [0.2, 0.25) is 0 Å². The minimum Gasteiger partial charge on any atom is -0.391 e. The highest BCUT2D eigenvalue weighted by atomic mass is 127. The molecule has 2 rings (SSSR count). The summed E-state index contributed by atoms with van der Waals surface area (Å²) in [5.74, 6) is 0.403. The van der Waals surface area contributed by atoms with E-state index in [1.165, 1.54) is 8.47 Å². The summed E-state index contributed by atoms with van der Waals surface area (Å²) >= 11 is 6.82. The zero-order valence-electron chi connectivity index (χ0n) is 8.71. The van der Waals surface area contributed by atoms with Crippen LogP contribution < -0.4 is 0 Å². The summed E-state index contributed by atoms with van der Waals surface area (Å²) in [6.07, 6.45) is -0.362. The van der Waals surface area contributed by atoms with Gasteiger partial charge in [0.1, 0.15) is 6.67 Å². The first-order valence-electron chi connectivity index (χ1n) is 4.61. The van der Waals surface area contributed by atoms with Crippen LogP contribution in [0.5, 0.6) is 0 Å². The SMILES string of the molecule is CN1CN=C(c2cc(I)c(I)c(I)c2)OC1=O. The Balaban J connectivity index is 2.39. The number of hydrogen-bond donors (Lipinski definition) is 0. The van der Waals surface area contributed by atoms with Crippen molar-refractivity contribution in [1.82, 2.24) is 4.90 Å². The Morgan fingerprint density at radius 1 is 1.29 bits per heavy atom. The number of carbonyl (C=O) groups excluding carboxylic acids is 1. The number of rotatable bonds is 1. The summed E-state index contributed by atoms with van der Waals surface area (Å²) in [5.41, 5.74) is 0.848. The van der Waals surface area contributed by atoms with Crippen LogP contribution in [0.4, 0.5) is 4.79 Å². The van der Waals surface area contributed by atoms with Gasteiger partial charge in [0.05, 0.1) is 0 Å². The van der Waals surface area contributed by atoms with Gasteiger partial charge in [-0.15, -0.1) is 0 Å². The largest absolute Gasteiger partial charge is 0.417 e. The first kappa shape index (κ1) is 13.8. The molecule has 0 saturated carbocycles. The van der Waals surface area contributed by atoms with E-state index in [0.717, 1.165) is 12.7 Å². The van der Waals surface area contributed by atoms with Crippen LogP contribution in [0.1, 0.15) is 5.56 Å². The van der Waals surface area contributed by atoms with Crippen molar-refractivity contribution in [1.29, 1.82) is 0 Å². The van der Waals surface area contributed by atoms with Crippen molar-refractivity contribution in [3.05, 3.63) is 28.4 Å². The number of ether oxygens (including phenoxy) is 1. The van der Waals surface area contributed by atoms with Crippen molar-refractivity contribution in [2.75, 3.05) is 13.7 Å². The van der Waals surface area contributed by atoms with E-state index in [-0.39, 0.29) is 6.09 Å². The van der Waals surface area contributed by atoms with Gasteiger partial charge in [0.2, 0.25) is 5.90 Å². The molecule has 1 aliphatic heterocycles. The highest BCUT2D eigenvalue weighted by Gasteiger charge is 2.21. The van der Waals surface area contributed by atoms with Gasteiger partial charge < -0.3 is 4.74 Å². The molecule has 1 aromatic carbocycles. The highest BCUT2D eigenvalue weighted by molar-refractivity contribution is 14.1. The zero-order valence-corrected chi connectivity index (χ0v) is 15.2. The molecule has 0 saturated heterocycles. The van der Waals surface area contributed by atoms with Gasteiger partial charge in [-0.2, -0.15) is 0 Å². The molecule has 0 fully saturated rings. The van der Waals surface area contributed by atoms with Crippen molar-refractivity contribution >= 4 is 79.8 Å². The summed E-state index contributed by atoms with van der Waals surface area (Å²) in [4.78, 5) is 17.1. The number of cyclic esters (lactones) is 1. The van der Waals surface area contributed by atoms with Crippen LogP contribution in [0, 0.1) is 10.7 Å². The predicted octanol–water partition coefficient (Wildman–Crippen LogP) is 3.29. The average Bonchev–Trinajstić information content (AvgIpc) is 2.29. The maximum atomic E-state index is 11.4. The molecule has 90 valence electrons. The number of aliphatic imine (C=N–C) groups is 1. The predicted molar refractivity (Wildman–Crippen MR) is 90.2 cm³/mol. The fourth-order valence-corrected chi connectivity index (χ4v) is 3.33. The second-order valence-electron chi connectivity index (χ2n) is 3.42. The molecule has 0 bridgehead atoms. The highest BCUT2D eigenvalue weighted by Crippen LogP contribution is 2.24. The molecule has 7 heteroatoms. The normalized spacial score (nSPS) is 15.6. The van der Waals surface area contributed by atoms with Gasteiger partial charge in [0.25, 0.3) is 0 Å². The first-order valence-corrected chi connectivity index (χ1v) is 7.85. The summed E-state index contributed by atoms with van der Waals surface area (Å²) < 4.78 is 8.62. The molecule has 0 N–H and O–H groups in total. The molecule has 4 nitrogen and oxygen atoms in total. The smallest absolute Gasteiger partial charge is 0.391 e. The Kier molecular flexibility index (Phi) is 4.50. The third-order valence-electron chi connectivity index (χ3n) is 2.15. The van der Waals surface area contributed by atoms with Crippen LogP contribution in [0.15, 0.2) is 17.1 Å². The number of amides is 1. The Bertz CT molecular complexity index is 493. The minimum absolute atomic E-state index is 0.341. The topological polar surface area (TPSA) is 41.9 Å². The van der Waals surface area contributed by atoms with E-state index in [1.807, 2.05) is 12.1 Å². The van der Waals surface area contributed by atoms with Crippen molar-refractivity contribution in [3.63, 3.8) is 0 Å². The Labute approximate surface area is 140 Å². The second kappa shape index (κ2) is 5.55. The van der Waals surface area contributed by atoms with E-state index in [4.69, 9.17) is 4.74 Å². The van der Waals surface area contributed by atoms with Crippen LogP contribution in [-0.4, -0.2) is 30.6 Å². The van der Waals surface area contributed by atoms with E-state index in [9.17, 15) is 4.79 Å². The number of halogens is 3. The van der Waals surface area contributed by atoms with Gasteiger partial charge in [-0.05, 0) is 79.9 Å². The molecule has 0 aliphatic carbocycles. The van der Waals surface area contributed by atoms with Gasteiger partial charge in [-0.1, -0.05) is 0 Å². The Morgan fingerprint density at radius 3 is 2.41 bits per heavy atom. The minimum atomic E-state index is -0.362. The molecule has 0 unspecified atom stereocenters. The molecule has 0 atom stereocenters. The molecule has 0 radical (unpaired) electrons. The van der Waals surface area contributed by atoms with Crippen LogP contribution >= 0.6 is 67.8 Å². The van der Waals surface area contributed by atoms with Gasteiger partial charge in [-0.25, -0.2) is 9.79 Å². The molecule has 1 amide bonds. The molecule has 1 heterocycles. The molecular formula is C10H7I3N2O2. The van der Waals surface area contributed by atoms with E-state index < -0.39 is 0 Å². The molecule has 17 heavy (non-hydrogen) atoms. The van der Waals surface area contributed by atoms with Crippen molar-refractivity contribution < 1.29 is 9.53 Å². The van der Waals surface area contributed by atoms with E-state index in [2.05, 4.69) is 72.8 Å². The van der Waals surface area contributed by atoms with E-state index in [0.29, 0.717) is 12.6 Å². The molecule has 0 spiro atoms. The number of nitrogens with zero attached hydrogens (tertiary/aromatic N) is 2. The van der Waals surface area contributed by atoms with Crippen molar-refractivity contribution in [2.24, 2.45) is 4.99 Å². The first-order chi connectivity index (χ1) is 7.99. The van der Waals surface area contributed by atoms with E-state index >= 15 is 0 Å². The van der Waals surface area contributed by atoms with Gasteiger partial charge in [0.15, 0.2) is 0 Å². The third kappa shape index (κ3) is 3.03. The molecule has 0 aromatic heterocycles. The lowest BCUT2D eigenvalue weighted by molar-refractivity contribution is 0.153. The van der Waals surface area contributed by atoms with Crippen LogP contribution in [0.3, 0.4) is 0 Å². The standard InChI is InChI=1S/C10H7I3N2O2/c1-15-4-14-9(17-10(15)16)5-2-6(11)8(13)7(12)3-5/h2-3H,4H2,1H3. The van der Waals surface area contributed by atoms with Crippen molar-refractivity contribution in [3.8, 4) is 0 Å². The van der Waals surface area contributed by atoms with Gasteiger partial charge in [0, 0.05) is 23.3 Å². The third-order valence-corrected chi connectivity index (χ3v) is 7.08. The summed E-state index contributed by atoms with van der Waals surface area (Å²) in [5, 5.41) is 0. The van der Waals surface area contributed by atoms with Crippen LogP contribution in [0.25, 0.3) is 0 Å².